The molecule has 1 aromatic heterocycles. The number of ether oxygens (including phenoxy) is 1. The number of hydrogen-bond donors (Lipinski definition) is 2. The number of rotatable bonds is 6. The summed E-state index contributed by atoms with van der Waals surface area (Å²) in [5, 5.41) is 10.8. The number of H-pyrrole nitrogens is 1. The molecular weight excluding hydrogens is 601 g/mol. The smallest absolute Gasteiger partial charge is 0.410 e. The van der Waals surface area contributed by atoms with Crippen molar-refractivity contribution < 1.29 is 23.5 Å². The molecule has 3 aromatic rings. The van der Waals surface area contributed by atoms with Crippen molar-refractivity contribution in [3.05, 3.63) is 59.0 Å². The number of piperidine rings is 3. The van der Waals surface area contributed by atoms with Crippen LogP contribution in [0.25, 0.3) is 10.9 Å². The fourth-order valence-electron chi connectivity index (χ4n) is 7.89. The van der Waals surface area contributed by atoms with Crippen LogP contribution in [0.2, 0.25) is 0 Å². The van der Waals surface area contributed by atoms with E-state index in [1.165, 1.54) is 25.3 Å². The van der Waals surface area contributed by atoms with Gasteiger partial charge in [-0.3, -0.25) is 9.89 Å². The zero-order chi connectivity index (χ0) is 32.5. The summed E-state index contributed by atoms with van der Waals surface area (Å²) in [5.41, 5.74) is 3.86. The maximum absolute atomic E-state index is 14.2. The Balaban J connectivity index is 1.01. The molecule has 5 heterocycles. The Hall–Kier alpha value is -4.19. The lowest BCUT2D eigenvalue weighted by Gasteiger charge is -2.41. The molecule has 3 saturated heterocycles. The van der Waals surface area contributed by atoms with Crippen molar-refractivity contribution in [2.75, 3.05) is 44.6 Å². The van der Waals surface area contributed by atoms with Crippen LogP contribution in [0.15, 0.2) is 36.5 Å². The van der Waals surface area contributed by atoms with Crippen molar-refractivity contribution in [2.24, 2.45) is 0 Å². The largest absolute Gasteiger partial charge is 0.436 e. The third-order valence-corrected chi connectivity index (χ3v) is 10.5. The molecule has 1 atom stereocenters. The predicted molar refractivity (Wildman–Crippen MR) is 175 cm³/mol. The predicted octanol–water partition coefficient (Wildman–Crippen LogP) is 5.05. The number of aromatic nitrogens is 2. The number of amides is 4. The van der Waals surface area contributed by atoms with Crippen LogP contribution < -0.4 is 5.32 Å². The van der Waals surface area contributed by atoms with Gasteiger partial charge in [-0.2, -0.15) is 5.10 Å². The number of nitrogens with zero attached hydrogens (tertiary/aromatic N) is 5. The third kappa shape index (κ3) is 6.65. The van der Waals surface area contributed by atoms with Crippen molar-refractivity contribution in [1.82, 2.24) is 29.8 Å². The topological polar surface area (TPSA) is 114 Å². The van der Waals surface area contributed by atoms with Crippen LogP contribution in [0.5, 0.6) is 0 Å². The molecule has 0 radical (unpaired) electrons. The summed E-state index contributed by atoms with van der Waals surface area (Å²) in [4.78, 5) is 48.3. The SMILES string of the molecule is Cc1cc(C[C@@H](OC(=O)N2CCC(N3Cc4cccc(F)c4NC3=O)CC2)C(=O)N2CCC(N3CCCCC3)CC2)cc2cn[nH]c12. The number of urea groups is 1. The van der Waals surface area contributed by atoms with Crippen molar-refractivity contribution >= 4 is 34.6 Å². The Morgan fingerprint density at radius 1 is 0.979 bits per heavy atom. The van der Waals surface area contributed by atoms with E-state index in [-0.39, 0.29) is 30.1 Å². The molecular formula is C35H44FN7O4. The minimum absolute atomic E-state index is 0.0984. The number of para-hydroxylation sites is 1. The first kappa shape index (κ1) is 31.4. The van der Waals surface area contributed by atoms with Gasteiger partial charge in [0.2, 0.25) is 0 Å². The third-order valence-electron chi connectivity index (χ3n) is 10.5. The van der Waals surface area contributed by atoms with Crippen molar-refractivity contribution in [1.29, 1.82) is 0 Å². The molecule has 11 nitrogen and oxygen atoms in total. The summed E-state index contributed by atoms with van der Waals surface area (Å²) in [6.07, 6.45) is 7.35. The van der Waals surface area contributed by atoms with Gasteiger partial charge in [0, 0.05) is 56.6 Å². The molecule has 0 unspecified atom stereocenters. The first-order chi connectivity index (χ1) is 22.8. The van der Waals surface area contributed by atoms with E-state index in [9.17, 15) is 18.8 Å². The van der Waals surface area contributed by atoms with Crippen molar-refractivity contribution in [3.8, 4) is 0 Å². The van der Waals surface area contributed by atoms with Gasteiger partial charge in [-0.25, -0.2) is 14.0 Å². The standard InChI is InChI=1S/C35H44FN7O4/c1-23-18-24(19-26-21-37-39-31(23)26)20-30(33(44)41-14-8-27(9-15-41)40-12-3-2-4-13-40)47-35(46)42-16-10-28(11-17-42)43-22-25-6-5-7-29(36)32(25)38-34(43)45/h5-7,18-19,21,27-28,30H,2-4,8-17,20,22H2,1H3,(H,37,39)(H,38,45)/t30-/m1/s1. The lowest BCUT2D eigenvalue weighted by Crippen LogP contribution is -2.53. The highest BCUT2D eigenvalue weighted by Gasteiger charge is 2.37. The average Bonchev–Trinajstić information content (AvgIpc) is 3.58. The zero-order valence-electron chi connectivity index (χ0n) is 27.0. The lowest BCUT2D eigenvalue weighted by atomic mass is 9.98. The molecule has 4 aliphatic heterocycles. The van der Waals surface area contributed by atoms with Crippen molar-refractivity contribution in [3.63, 3.8) is 0 Å². The van der Waals surface area contributed by atoms with Gasteiger partial charge in [-0.15, -0.1) is 0 Å². The maximum atomic E-state index is 14.2. The summed E-state index contributed by atoms with van der Waals surface area (Å²) in [5.74, 6) is -0.588. The zero-order valence-corrected chi connectivity index (χ0v) is 27.0. The first-order valence-electron chi connectivity index (χ1n) is 17.1. The Morgan fingerprint density at radius 2 is 1.70 bits per heavy atom. The lowest BCUT2D eigenvalue weighted by molar-refractivity contribution is -0.142. The number of carbonyl (C=O) groups excluding carboxylic acids is 3. The van der Waals surface area contributed by atoms with Crippen LogP contribution in [-0.4, -0.2) is 105 Å². The first-order valence-corrected chi connectivity index (χ1v) is 17.1. The molecule has 47 heavy (non-hydrogen) atoms. The van der Waals surface area contributed by atoms with Crippen LogP contribution in [-0.2, 0) is 22.5 Å². The summed E-state index contributed by atoms with van der Waals surface area (Å²) in [6.45, 7) is 6.70. The molecule has 0 bridgehead atoms. The number of aromatic amines is 1. The van der Waals surface area contributed by atoms with E-state index < -0.39 is 18.0 Å². The molecule has 7 rings (SSSR count). The van der Waals surface area contributed by atoms with E-state index in [2.05, 4.69) is 20.4 Å². The van der Waals surface area contributed by atoms with Gasteiger partial charge >= 0.3 is 12.1 Å². The Bertz CT molecular complexity index is 1620. The molecule has 250 valence electrons. The molecule has 0 spiro atoms. The van der Waals surface area contributed by atoms with Crippen LogP contribution >= 0.6 is 0 Å². The number of carbonyl (C=O) groups is 3. The number of aryl methyl sites for hydroxylation is 1. The molecule has 12 heteroatoms. The van der Waals surface area contributed by atoms with Crippen molar-refractivity contribution in [2.45, 2.75) is 83.0 Å². The highest BCUT2D eigenvalue weighted by Crippen LogP contribution is 2.30. The summed E-state index contributed by atoms with van der Waals surface area (Å²) in [7, 11) is 0. The minimum atomic E-state index is -0.949. The van der Waals surface area contributed by atoms with Crippen LogP contribution in [0.1, 0.15) is 61.6 Å². The normalized spacial score (nSPS) is 20.6. The molecule has 2 N–H and O–H groups in total. The van der Waals surface area contributed by atoms with E-state index in [0.717, 1.165) is 53.5 Å². The van der Waals surface area contributed by atoms with Crippen LogP contribution in [0.3, 0.4) is 0 Å². The number of anilines is 1. The molecule has 0 saturated carbocycles. The minimum Gasteiger partial charge on any atom is -0.436 e. The van der Waals surface area contributed by atoms with Crippen LogP contribution in [0.4, 0.5) is 19.7 Å². The van der Waals surface area contributed by atoms with E-state index in [1.54, 1.807) is 22.1 Å². The van der Waals surface area contributed by atoms with Gasteiger partial charge in [-0.05, 0) is 87.4 Å². The van der Waals surface area contributed by atoms with E-state index in [1.807, 2.05) is 30.0 Å². The summed E-state index contributed by atoms with van der Waals surface area (Å²) < 4.78 is 20.3. The average molecular weight is 646 g/mol. The molecule has 4 amide bonds. The number of fused-ring (bicyclic) bond motifs is 2. The quantitative estimate of drug-likeness (QED) is 0.388. The highest BCUT2D eigenvalue weighted by molar-refractivity contribution is 5.92. The number of hydrogen-bond acceptors (Lipinski definition) is 6. The second kappa shape index (κ2) is 13.5. The fraction of sp³-hybridized carbons (Fsp3) is 0.543. The monoisotopic (exact) mass is 645 g/mol. The molecule has 3 fully saturated rings. The summed E-state index contributed by atoms with van der Waals surface area (Å²) >= 11 is 0. The number of benzene rings is 2. The maximum Gasteiger partial charge on any atom is 0.410 e. The fourth-order valence-corrected chi connectivity index (χ4v) is 7.89. The molecule has 2 aromatic carbocycles. The van der Waals surface area contributed by atoms with Gasteiger partial charge in [0.1, 0.15) is 5.82 Å². The number of nitrogens with one attached hydrogen (secondary N) is 2. The van der Waals surface area contributed by atoms with Gasteiger partial charge in [0.15, 0.2) is 6.10 Å². The molecule has 4 aliphatic rings. The van der Waals surface area contributed by atoms with Gasteiger partial charge < -0.3 is 29.7 Å². The second-order valence-electron chi connectivity index (χ2n) is 13.5. The Morgan fingerprint density at radius 3 is 2.47 bits per heavy atom. The Kier molecular flexibility index (Phi) is 9.02. The van der Waals surface area contributed by atoms with E-state index in [4.69, 9.17) is 4.74 Å². The van der Waals surface area contributed by atoms with Gasteiger partial charge in [0.05, 0.1) is 17.4 Å². The second-order valence-corrected chi connectivity index (χ2v) is 13.5. The molecule has 0 aliphatic carbocycles. The number of halogens is 1. The summed E-state index contributed by atoms with van der Waals surface area (Å²) in [6, 6.07) is 8.90. The van der Waals surface area contributed by atoms with E-state index >= 15 is 0 Å². The Labute approximate surface area is 274 Å². The highest BCUT2D eigenvalue weighted by atomic mass is 19.1. The van der Waals surface area contributed by atoms with E-state index in [0.29, 0.717) is 51.6 Å². The number of likely N-dealkylation sites (tertiary alicyclic amines) is 3. The van der Waals surface area contributed by atoms with Crippen LogP contribution in [0, 0.1) is 12.7 Å². The van der Waals surface area contributed by atoms with Gasteiger partial charge in [-0.1, -0.05) is 24.6 Å². The van der Waals surface area contributed by atoms with Gasteiger partial charge in [0.25, 0.3) is 5.91 Å².